The van der Waals surface area contributed by atoms with Crippen molar-refractivity contribution in [2.75, 3.05) is 12.3 Å². The summed E-state index contributed by atoms with van der Waals surface area (Å²) in [6.45, 7) is 3.39. The smallest absolute Gasteiger partial charge is 0.157 e. The van der Waals surface area contributed by atoms with E-state index in [2.05, 4.69) is 12.2 Å². The van der Waals surface area contributed by atoms with Crippen LogP contribution in [0.2, 0.25) is 0 Å². The molecule has 1 N–H and O–H groups in total. The van der Waals surface area contributed by atoms with Gasteiger partial charge in [0.05, 0.1) is 0 Å². The van der Waals surface area contributed by atoms with Gasteiger partial charge in [-0.2, -0.15) is 0 Å². The molecule has 3 heteroatoms. The molecule has 0 aromatic rings. The summed E-state index contributed by atoms with van der Waals surface area (Å²) < 4.78 is 0. The van der Waals surface area contributed by atoms with Crippen molar-refractivity contribution in [2.24, 2.45) is 10.4 Å². The molecule has 0 atom stereocenters. The normalized spacial score (nSPS) is 31.3. The van der Waals surface area contributed by atoms with Crippen LogP contribution in [-0.4, -0.2) is 23.0 Å². The third-order valence-electron chi connectivity index (χ3n) is 5.39. The highest BCUT2D eigenvalue weighted by Gasteiger charge is 2.39. The van der Waals surface area contributed by atoms with Gasteiger partial charge in [0.1, 0.15) is 0 Å². The molecule has 0 amide bonds. The van der Waals surface area contributed by atoms with E-state index in [1.807, 2.05) is 11.8 Å². The van der Waals surface area contributed by atoms with Crippen molar-refractivity contribution in [1.82, 2.24) is 5.32 Å². The Balaban J connectivity index is 1.58. The number of aliphatic imine (C=N–C) groups is 1. The molecule has 3 aliphatic rings. The van der Waals surface area contributed by atoms with Gasteiger partial charge in [-0.1, -0.05) is 44.4 Å². The topological polar surface area (TPSA) is 24.4 Å². The predicted octanol–water partition coefficient (Wildman–Crippen LogP) is 3.96. The quantitative estimate of drug-likeness (QED) is 0.836. The molecular weight excluding hydrogens is 240 g/mol. The number of nitrogens with zero attached hydrogens (tertiary/aromatic N) is 1. The Kier molecular flexibility index (Phi) is 3.61. The molecular formula is C15H26N2S. The van der Waals surface area contributed by atoms with Crippen molar-refractivity contribution in [1.29, 1.82) is 0 Å². The van der Waals surface area contributed by atoms with Crippen molar-refractivity contribution in [3.8, 4) is 0 Å². The Hall–Kier alpha value is -0.180. The summed E-state index contributed by atoms with van der Waals surface area (Å²) in [5.41, 5.74) is 0.984. The zero-order valence-electron chi connectivity index (χ0n) is 11.6. The largest absolute Gasteiger partial charge is 0.359 e. The lowest BCUT2D eigenvalue weighted by Crippen LogP contribution is -2.45. The highest BCUT2D eigenvalue weighted by atomic mass is 32.2. The molecule has 0 radical (unpaired) electrons. The van der Waals surface area contributed by atoms with E-state index in [0.717, 1.165) is 6.54 Å². The molecule has 1 spiro atoms. The van der Waals surface area contributed by atoms with Crippen LogP contribution in [0.25, 0.3) is 0 Å². The van der Waals surface area contributed by atoms with Gasteiger partial charge in [-0.05, 0) is 37.5 Å². The number of hydrogen-bond acceptors (Lipinski definition) is 2. The summed E-state index contributed by atoms with van der Waals surface area (Å²) in [6, 6.07) is 0. The van der Waals surface area contributed by atoms with E-state index in [1.165, 1.54) is 68.7 Å². The van der Waals surface area contributed by atoms with Crippen LogP contribution in [-0.2, 0) is 0 Å². The van der Waals surface area contributed by atoms with E-state index in [9.17, 15) is 0 Å². The van der Waals surface area contributed by atoms with E-state index < -0.39 is 0 Å². The van der Waals surface area contributed by atoms with E-state index in [-0.39, 0.29) is 0 Å². The second kappa shape index (κ2) is 5.07. The molecule has 0 aromatic carbocycles. The third kappa shape index (κ3) is 2.43. The Morgan fingerprint density at radius 2 is 1.89 bits per heavy atom. The lowest BCUT2D eigenvalue weighted by molar-refractivity contribution is 0.139. The van der Waals surface area contributed by atoms with Crippen molar-refractivity contribution in [3.05, 3.63) is 0 Å². The van der Waals surface area contributed by atoms with Gasteiger partial charge in [-0.15, -0.1) is 0 Å². The third-order valence-corrected chi connectivity index (χ3v) is 6.59. The van der Waals surface area contributed by atoms with Crippen molar-refractivity contribution < 1.29 is 0 Å². The summed E-state index contributed by atoms with van der Waals surface area (Å²) in [4.78, 5) is 4.91. The Morgan fingerprint density at radius 3 is 2.50 bits per heavy atom. The van der Waals surface area contributed by atoms with Crippen LogP contribution >= 0.6 is 11.8 Å². The molecule has 1 saturated heterocycles. The van der Waals surface area contributed by atoms with E-state index in [0.29, 0.717) is 11.0 Å². The van der Waals surface area contributed by atoms with Gasteiger partial charge in [0.15, 0.2) is 5.17 Å². The highest BCUT2D eigenvalue weighted by Crippen LogP contribution is 2.44. The fourth-order valence-corrected chi connectivity index (χ4v) is 4.85. The van der Waals surface area contributed by atoms with Gasteiger partial charge in [0, 0.05) is 17.8 Å². The summed E-state index contributed by atoms with van der Waals surface area (Å²) in [5, 5.41) is 5.01. The first-order chi connectivity index (χ1) is 8.76. The lowest BCUT2D eigenvalue weighted by atomic mass is 9.67. The molecule has 2 nitrogen and oxygen atoms in total. The van der Waals surface area contributed by atoms with Crippen LogP contribution in [0, 0.1) is 5.41 Å². The minimum absolute atomic E-state index is 0.417. The Bertz CT molecular complexity index is 322. The van der Waals surface area contributed by atoms with Gasteiger partial charge in [0.2, 0.25) is 0 Å². The minimum atomic E-state index is 0.417. The molecule has 102 valence electrons. The number of rotatable bonds is 3. The van der Waals surface area contributed by atoms with Crippen LogP contribution in [0.3, 0.4) is 0 Å². The maximum absolute atomic E-state index is 4.91. The van der Waals surface area contributed by atoms with Gasteiger partial charge in [-0.25, -0.2) is 0 Å². The fourth-order valence-electron chi connectivity index (χ4n) is 3.63. The molecule has 2 saturated carbocycles. The number of hydrogen-bond donors (Lipinski definition) is 1. The summed E-state index contributed by atoms with van der Waals surface area (Å²) >= 11 is 1.97. The molecule has 2 aliphatic carbocycles. The first-order valence-corrected chi connectivity index (χ1v) is 8.70. The summed E-state index contributed by atoms with van der Waals surface area (Å²) in [7, 11) is 0. The van der Waals surface area contributed by atoms with Crippen LogP contribution < -0.4 is 5.32 Å². The molecule has 1 aliphatic heterocycles. The lowest BCUT2D eigenvalue weighted by Gasteiger charge is -2.40. The predicted molar refractivity (Wildman–Crippen MR) is 80.3 cm³/mol. The average Bonchev–Trinajstić information content (AvgIpc) is 2.73. The zero-order valence-corrected chi connectivity index (χ0v) is 12.5. The average molecular weight is 266 g/mol. The number of amidine groups is 1. The second-order valence-electron chi connectivity index (χ2n) is 6.58. The first-order valence-electron chi connectivity index (χ1n) is 7.71. The van der Waals surface area contributed by atoms with Gasteiger partial charge in [0.25, 0.3) is 0 Å². The minimum Gasteiger partial charge on any atom is -0.359 e. The van der Waals surface area contributed by atoms with Gasteiger partial charge >= 0.3 is 0 Å². The maximum atomic E-state index is 4.91. The van der Waals surface area contributed by atoms with Crippen LogP contribution in [0.4, 0.5) is 0 Å². The molecule has 0 bridgehead atoms. The molecule has 3 fully saturated rings. The van der Waals surface area contributed by atoms with Gasteiger partial charge in [-0.3, -0.25) is 4.99 Å². The standard InChI is InChI=1S/C15H26N2S/c1-2-14(7-6-8-14)11-16-13-17-15(12-18-13)9-4-3-5-10-15/h2-12H2,1H3,(H,16,17). The van der Waals surface area contributed by atoms with Crippen LogP contribution in [0.15, 0.2) is 4.99 Å². The molecule has 18 heavy (non-hydrogen) atoms. The van der Waals surface area contributed by atoms with Crippen molar-refractivity contribution in [3.63, 3.8) is 0 Å². The number of thioether (sulfide) groups is 1. The number of nitrogens with one attached hydrogen (secondary N) is 1. The van der Waals surface area contributed by atoms with Crippen molar-refractivity contribution in [2.45, 2.75) is 70.3 Å². The fraction of sp³-hybridized carbons (Fsp3) is 0.933. The second-order valence-corrected chi connectivity index (χ2v) is 7.55. The highest BCUT2D eigenvalue weighted by molar-refractivity contribution is 8.14. The monoisotopic (exact) mass is 266 g/mol. The molecule has 0 unspecified atom stereocenters. The SMILES string of the molecule is CCC1(CN=C2NC3(CCCCC3)CS2)CCC1. The van der Waals surface area contributed by atoms with E-state index in [1.54, 1.807) is 0 Å². The maximum Gasteiger partial charge on any atom is 0.157 e. The van der Waals surface area contributed by atoms with Gasteiger partial charge < -0.3 is 5.32 Å². The van der Waals surface area contributed by atoms with E-state index in [4.69, 9.17) is 4.99 Å². The Morgan fingerprint density at radius 1 is 1.11 bits per heavy atom. The molecule has 1 heterocycles. The zero-order chi connectivity index (χ0) is 12.5. The molecule has 3 rings (SSSR count). The molecule has 0 aromatic heterocycles. The summed E-state index contributed by atoms with van der Waals surface area (Å²) in [5.74, 6) is 1.25. The van der Waals surface area contributed by atoms with Crippen LogP contribution in [0.1, 0.15) is 64.7 Å². The van der Waals surface area contributed by atoms with E-state index >= 15 is 0 Å². The first kappa shape index (κ1) is 12.8. The Labute approximate surface area is 115 Å². The summed E-state index contributed by atoms with van der Waals surface area (Å²) in [6.07, 6.45) is 12.5. The van der Waals surface area contributed by atoms with Crippen molar-refractivity contribution >= 4 is 16.9 Å². The van der Waals surface area contributed by atoms with Crippen LogP contribution in [0.5, 0.6) is 0 Å².